The second-order valence-electron chi connectivity index (χ2n) is 4.88. The summed E-state index contributed by atoms with van der Waals surface area (Å²) in [6.07, 6.45) is 4.80. The lowest BCUT2D eigenvalue weighted by Gasteiger charge is -2.24. The number of carbonyl (C=O) groups excluding carboxylic acids is 1. The molecule has 1 aromatic rings. The van der Waals surface area contributed by atoms with Crippen LogP contribution in [-0.4, -0.2) is 17.0 Å². The molecule has 0 spiro atoms. The topological polar surface area (TPSA) is 66.4 Å². The van der Waals surface area contributed by atoms with Gasteiger partial charge in [-0.2, -0.15) is 0 Å². The van der Waals surface area contributed by atoms with Gasteiger partial charge in [0, 0.05) is 6.42 Å². The number of halogens is 1. The molecule has 5 heteroatoms. The first-order valence-electron chi connectivity index (χ1n) is 6.39. The third-order valence-corrected chi connectivity index (χ3v) is 3.49. The van der Waals surface area contributed by atoms with Crippen LogP contribution in [0.4, 0.5) is 10.1 Å². The maximum Gasteiger partial charge on any atom is 0.335 e. The quantitative estimate of drug-likeness (QED) is 0.859. The summed E-state index contributed by atoms with van der Waals surface area (Å²) in [4.78, 5) is 22.3. The lowest BCUT2D eigenvalue weighted by Crippen LogP contribution is -2.17. The highest BCUT2D eigenvalue weighted by Gasteiger charge is 2.18. The molecule has 4 nitrogen and oxygen atoms in total. The molecule has 0 atom stereocenters. The summed E-state index contributed by atoms with van der Waals surface area (Å²) in [6, 6.07) is 3.46. The van der Waals surface area contributed by atoms with Gasteiger partial charge in [0.05, 0.1) is 11.3 Å². The molecule has 1 fully saturated rings. The van der Waals surface area contributed by atoms with Crippen LogP contribution in [0.1, 0.15) is 42.5 Å². The number of hydrogen-bond donors (Lipinski definition) is 2. The third-order valence-electron chi connectivity index (χ3n) is 3.49. The summed E-state index contributed by atoms with van der Waals surface area (Å²) < 4.78 is 13.6. The van der Waals surface area contributed by atoms with Gasteiger partial charge in [0.1, 0.15) is 5.82 Å². The number of carbonyl (C=O) groups is 2. The van der Waals surface area contributed by atoms with Crippen LogP contribution in [0.5, 0.6) is 0 Å². The number of rotatable bonds is 5. The molecule has 0 radical (unpaired) electrons. The SMILES string of the molecule is O=C(CCC1CCC1)Nc1ccc(C(=O)O)cc1F. The Labute approximate surface area is 110 Å². The van der Waals surface area contributed by atoms with Gasteiger partial charge in [-0.15, -0.1) is 0 Å². The first-order valence-corrected chi connectivity index (χ1v) is 6.39. The minimum Gasteiger partial charge on any atom is -0.478 e. The van der Waals surface area contributed by atoms with E-state index in [0.717, 1.165) is 12.5 Å². The normalized spacial score (nSPS) is 14.8. The van der Waals surface area contributed by atoms with Crippen molar-refractivity contribution in [2.24, 2.45) is 5.92 Å². The molecule has 0 heterocycles. The first kappa shape index (κ1) is 13.5. The third kappa shape index (κ3) is 3.53. The van der Waals surface area contributed by atoms with Crippen LogP contribution in [0.25, 0.3) is 0 Å². The molecule has 2 rings (SSSR count). The van der Waals surface area contributed by atoms with Gasteiger partial charge in [-0.3, -0.25) is 4.79 Å². The summed E-state index contributed by atoms with van der Waals surface area (Å²) in [5.41, 5.74) is -0.103. The zero-order valence-corrected chi connectivity index (χ0v) is 10.5. The summed E-state index contributed by atoms with van der Waals surface area (Å²) in [6.45, 7) is 0. The van der Waals surface area contributed by atoms with Crippen molar-refractivity contribution in [3.8, 4) is 0 Å². The fraction of sp³-hybridized carbons (Fsp3) is 0.429. The summed E-state index contributed by atoms with van der Waals surface area (Å²) in [5.74, 6) is -1.52. The van der Waals surface area contributed by atoms with Gasteiger partial charge in [0.2, 0.25) is 5.91 Å². The van der Waals surface area contributed by atoms with Crippen LogP contribution in [0, 0.1) is 11.7 Å². The van der Waals surface area contributed by atoms with Gasteiger partial charge in [0.15, 0.2) is 0 Å². The van der Waals surface area contributed by atoms with Crippen molar-refractivity contribution in [2.75, 3.05) is 5.32 Å². The second-order valence-corrected chi connectivity index (χ2v) is 4.88. The van der Waals surface area contributed by atoms with Gasteiger partial charge in [-0.1, -0.05) is 19.3 Å². The van der Waals surface area contributed by atoms with Crippen molar-refractivity contribution < 1.29 is 19.1 Å². The molecule has 102 valence electrons. The van der Waals surface area contributed by atoms with Gasteiger partial charge in [-0.25, -0.2) is 9.18 Å². The van der Waals surface area contributed by atoms with E-state index < -0.39 is 11.8 Å². The molecule has 1 aliphatic rings. The largest absolute Gasteiger partial charge is 0.478 e. The van der Waals surface area contributed by atoms with Crippen LogP contribution in [0.2, 0.25) is 0 Å². The zero-order chi connectivity index (χ0) is 13.8. The smallest absolute Gasteiger partial charge is 0.335 e. The fourth-order valence-electron chi connectivity index (χ4n) is 2.08. The maximum absolute atomic E-state index is 13.6. The predicted octanol–water partition coefficient (Wildman–Crippen LogP) is 3.04. The number of carboxylic acids is 1. The van der Waals surface area contributed by atoms with Gasteiger partial charge in [-0.05, 0) is 30.5 Å². The Kier molecular flexibility index (Phi) is 4.14. The molecule has 1 aromatic carbocycles. The number of nitrogens with one attached hydrogen (secondary N) is 1. The lowest BCUT2D eigenvalue weighted by atomic mass is 9.82. The maximum atomic E-state index is 13.6. The number of amides is 1. The van der Waals surface area contributed by atoms with Crippen molar-refractivity contribution in [3.63, 3.8) is 0 Å². The Bertz CT molecular complexity index is 497. The molecule has 0 bridgehead atoms. The Hall–Kier alpha value is -1.91. The Morgan fingerprint density at radius 2 is 2.11 bits per heavy atom. The average molecular weight is 265 g/mol. The van der Waals surface area contributed by atoms with E-state index in [4.69, 9.17) is 5.11 Å². The fourth-order valence-corrected chi connectivity index (χ4v) is 2.08. The summed E-state index contributed by atoms with van der Waals surface area (Å²) >= 11 is 0. The average Bonchev–Trinajstić information content (AvgIpc) is 2.29. The molecule has 19 heavy (non-hydrogen) atoms. The first-order chi connectivity index (χ1) is 9.06. The van der Waals surface area contributed by atoms with Gasteiger partial charge >= 0.3 is 5.97 Å². The molecule has 0 aliphatic heterocycles. The molecular formula is C14H16FNO3. The molecule has 1 aliphatic carbocycles. The van der Waals surface area contributed by atoms with Crippen molar-refractivity contribution in [1.29, 1.82) is 0 Å². The van der Waals surface area contributed by atoms with Crippen molar-refractivity contribution in [2.45, 2.75) is 32.1 Å². The van der Waals surface area contributed by atoms with Crippen molar-refractivity contribution >= 4 is 17.6 Å². The minimum atomic E-state index is -1.19. The van der Waals surface area contributed by atoms with Crippen LogP contribution in [0.3, 0.4) is 0 Å². The minimum absolute atomic E-state index is 0.0311. The van der Waals surface area contributed by atoms with Gasteiger partial charge in [0.25, 0.3) is 0 Å². The predicted molar refractivity (Wildman–Crippen MR) is 68.6 cm³/mol. The Morgan fingerprint density at radius 1 is 1.37 bits per heavy atom. The molecule has 0 aromatic heterocycles. The number of aromatic carboxylic acids is 1. The van der Waals surface area contributed by atoms with E-state index in [9.17, 15) is 14.0 Å². The van der Waals surface area contributed by atoms with E-state index in [0.29, 0.717) is 12.3 Å². The monoisotopic (exact) mass is 265 g/mol. The highest BCUT2D eigenvalue weighted by Crippen LogP contribution is 2.30. The van der Waals surface area contributed by atoms with Crippen LogP contribution >= 0.6 is 0 Å². The summed E-state index contributed by atoms with van der Waals surface area (Å²) in [7, 11) is 0. The molecule has 0 unspecified atom stereocenters. The van der Waals surface area contributed by atoms with Gasteiger partial charge < -0.3 is 10.4 Å². The van der Waals surface area contributed by atoms with E-state index >= 15 is 0 Å². The Morgan fingerprint density at radius 3 is 2.63 bits per heavy atom. The van der Waals surface area contributed by atoms with Crippen LogP contribution in [0.15, 0.2) is 18.2 Å². The van der Waals surface area contributed by atoms with E-state index in [1.807, 2.05) is 0 Å². The highest BCUT2D eigenvalue weighted by atomic mass is 19.1. The van der Waals surface area contributed by atoms with Crippen molar-refractivity contribution in [1.82, 2.24) is 0 Å². The molecule has 1 saturated carbocycles. The van der Waals surface area contributed by atoms with Crippen LogP contribution in [-0.2, 0) is 4.79 Å². The van der Waals surface area contributed by atoms with E-state index in [2.05, 4.69) is 5.32 Å². The number of carboxylic acid groups (broad SMARTS) is 1. The standard InChI is InChI=1S/C14H16FNO3/c15-11-8-10(14(18)19)5-6-12(11)16-13(17)7-4-9-2-1-3-9/h5-6,8-9H,1-4,7H2,(H,16,17)(H,18,19). The molecule has 2 N–H and O–H groups in total. The molecule has 1 amide bonds. The second kappa shape index (κ2) is 5.82. The molecular weight excluding hydrogens is 249 g/mol. The van der Waals surface area contributed by atoms with E-state index in [1.165, 1.54) is 31.4 Å². The van der Waals surface area contributed by atoms with Crippen molar-refractivity contribution in [3.05, 3.63) is 29.6 Å². The zero-order valence-electron chi connectivity index (χ0n) is 10.5. The number of benzene rings is 1. The van der Waals surface area contributed by atoms with E-state index in [-0.39, 0.29) is 17.2 Å². The summed E-state index contributed by atoms with van der Waals surface area (Å²) in [5, 5.41) is 11.2. The Balaban J connectivity index is 1.90. The molecule has 0 saturated heterocycles. The number of hydrogen-bond acceptors (Lipinski definition) is 2. The highest BCUT2D eigenvalue weighted by molar-refractivity contribution is 5.92. The van der Waals surface area contributed by atoms with E-state index in [1.54, 1.807) is 0 Å². The van der Waals surface area contributed by atoms with Crippen LogP contribution < -0.4 is 5.32 Å². The number of anilines is 1. The lowest BCUT2D eigenvalue weighted by molar-refractivity contribution is -0.116.